The lowest BCUT2D eigenvalue weighted by Gasteiger charge is -2.37. The Morgan fingerprint density at radius 1 is 1.00 bits per heavy atom. The number of fused-ring (bicyclic) bond motifs is 2. The van der Waals surface area contributed by atoms with Gasteiger partial charge in [0.2, 0.25) is 0 Å². The zero-order valence-electron chi connectivity index (χ0n) is 12.2. The summed E-state index contributed by atoms with van der Waals surface area (Å²) in [4.78, 5) is 5.06. The van der Waals surface area contributed by atoms with Crippen LogP contribution < -0.4 is 0 Å². The van der Waals surface area contributed by atoms with Gasteiger partial charge in [-0.3, -0.25) is 0 Å². The minimum Gasteiger partial charge on any atom is -0.371 e. The second-order valence-corrected chi connectivity index (χ2v) is 6.44. The zero-order valence-corrected chi connectivity index (χ0v) is 12.2. The maximum atomic E-state index is 2.55. The number of piperidine rings is 2. The van der Waals surface area contributed by atoms with Crippen molar-refractivity contribution >= 4 is 0 Å². The summed E-state index contributed by atoms with van der Waals surface area (Å²) in [7, 11) is 0. The molecule has 106 valence electrons. The van der Waals surface area contributed by atoms with Gasteiger partial charge in [-0.1, -0.05) is 12.2 Å². The third-order valence-corrected chi connectivity index (χ3v) is 5.11. The lowest BCUT2D eigenvalue weighted by atomic mass is 9.91. The molecule has 0 bridgehead atoms. The van der Waals surface area contributed by atoms with Gasteiger partial charge in [0.1, 0.15) is 0 Å². The maximum absolute atomic E-state index is 2.55. The Morgan fingerprint density at radius 2 is 1.95 bits per heavy atom. The Labute approximate surface area is 122 Å². The molecule has 20 heavy (non-hydrogen) atoms. The second kappa shape index (κ2) is 5.16. The molecule has 2 saturated heterocycles. The van der Waals surface area contributed by atoms with Gasteiger partial charge in [-0.15, -0.1) is 0 Å². The third-order valence-electron chi connectivity index (χ3n) is 5.11. The van der Waals surface area contributed by atoms with Gasteiger partial charge in [0.15, 0.2) is 0 Å². The van der Waals surface area contributed by atoms with Crippen LogP contribution in [0.2, 0.25) is 0 Å². The molecule has 1 atom stereocenters. The van der Waals surface area contributed by atoms with Crippen LogP contribution in [0.15, 0.2) is 47.3 Å². The molecule has 4 aliphatic heterocycles. The molecule has 0 spiro atoms. The van der Waals surface area contributed by atoms with Crippen LogP contribution in [-0.4, -0.2) is 35.5 Å². The summed E-state index contributed by atoms with van der Waals surface area (Å²) in [5.41, 5.74) is 4.47. The van der Waals surface area contributed by atoms with Crippen molar-refractivity contribution in [1.29, 1.82) is 0 Å². The number of allylic oxidation sites excluding steroid dienone is 5. The topological polar surface area (TPSA) is 6.48 Å². The van der Waals surface area contributed by atoms with E-state index in [0.717, 1.165) is 6.54 Å². The predicted molar refractivity (Wildman–Crippen MR) is 83.2 cm³/mol. The normalized spacial score (nSPS) is 29.2. The standard InChI is InChI=1S/C18H24N2/c1-3-9-19-11-7-15(13-17(19)5-1)16-8-12-20-10-4-2-6-18(20)14-16/h7-8,11,13-14,17H,1-6,9-10,12H2. The van der Waals surface area contributed by atoms with Gasteiger partial charge in [-0.25, -0.2) is 0 Å². The summed E-state index contributed by atoms with van der Waals surface area (Å²) in [6.45, 7) is 3.60. The Hall–Kier alpha value is -1.44. The van der Waals surface area contributed by atoms with Crippen LogP contribution in [0.3, 0.4) is 0 Å². The molecule has 0 aliphatic carbocycles. The summed E-state index contributed by atoms with van der Waals surface area (Å²) in [6, 6.07) is 0.646. The first kappa shape index (κ1) is 12.3. The van der Waals surface area contributed by atoms with Crippen LogP contribution in [0.25, 0.3) is 0 Å². The number of hydrogen-bond donors (Lipinski definition) is 0. The summed E-state index contributed by atoms with van der Waals surface area (Å²) >= 11 is 0. The van der Waals surface area contributed by atoms with Crippen LogP contribution in [0.4, 0.5) is 0 Å². The molecule has 4 aliphatic rings. The van der Waals surface area contributed by atoms with Crippen LogP contribution in [0, 0.1) is 0 Å². The van der Waals surface area contributed by atoms with Gasteiger partial charge in [-0.05, 0) is 61.8 Å². The minimum absolute atomic E-state index is 0.646. The molecular weight excluding hydrogens is 244 g/mol. The molecule has 0 aromatic rings. The van der Waals surface area contributed by atoms with Crippen LogP contribution in [0.5, 0.6) is 0 Å². The van der Waals surface area contributed by atoms with E-state index in [1.165, 1.54) is 62.8 Å². The fourth-order valence-electron chi connectivity index (χ4n) is 3.91. The molecule has 4 rings (SSSR count). The SMILES string of the molecule is C1=CN2CCCCC2C=C1C1=CCN2CCCCC2=C1. The van der Waals surface area contributed by atoms with Crippen molar-refractivity contribution in [3.63, 3.8) is 0 Å². The van der Waals surface area contributed by atoms with Crippen molar-refractivity contribution in [3.8, 4) is 0 Å². The van der Waals surface area contributed by atoms with Crippen LogP contribution >= 0.6 is 0 Å². The van der Waals surface area contributed by atoms with Gasteiger partial charge in [0.25, 0.3) is 0 Å². The molecule has 2 heteroatoms. The van der Waals surface area contributed by atoms with E-state index in [9.17, 15) is 0 Å². The molecule has 0 aromatic heterocycles. The summed E-state index contributed by atoms with van der Waals surface area (Å²) in [5.74, 6) is 0. The zero-order chi connectivity index (χ0) is 13.4. The van der Waals surface area contributed by atoms with Crippen molar-refractivity contribution in [2.24, 2.45) is 0 Å². The number of hydrogen-bond acceptors (Lipinski definition) is 2. The molecule has 0 radical (unpaired) electrons. The summed E-state index contributed by atoms with van der Waals surface area (Å²) in [5, 5.41) is 0. The van der Waals surface area contributed by atoms with E-state index >= 15 is 0 Å². The average molecular weight is 268 g/mol. The molecule has 1 unspecified atom stereocenters. The molecule has 0 aromatic carbocycles. The summed E-state index contributed by atoms with van der Waals surface area (Å²) < 4.78 is 0. The van der Waals surface area contributed by atoms with Crippen molar-refractivity contribution in [3.05, 3.63) is 47.3 Å². The van der Waals surface area contributed by atoms with Crippen LogP contribution in [-0.2, 0) is 0 Å². The smallest absolute Gasteiger partial charge is 0.0476 e. The van der Waals surface area contributed by atoms with E-state index in [2.05, 4.69) is 40.3 Å². The summed E-state index contributed by atoms with van der Waals surface area (Å²) in [6.07, 6.45) is 20.1. The minimum atomic E-state index is 0.646. The molecule has 2 nitrogen and oxygen atoms in total. The van der Waals surface area contributed by atoms with Crippen molar-refractivity contribution < 1.29 is 0 Å². The Bertz CT molecular complexity index is 508. The largest absolute Gasteiger partial charge is 0.371 e. The van der Waals surface area contributed by atoms with E-state index in [1.54, 1.807) is 5.70 Å². The first-order valence-electron chi connectivity index (χ1n) is 8.22. The highest BCUT2D eigenvalue weighted by Gasteiger charge is 2.23. The van der Waals surface area contributed by atoms with Gasteiger partial charge >= 0.3 is 0 Å². The fourth-order valence-corrected chi connectivity index (χ4v) is 3.91. The highest BCUT2D eigenvalue weighted by molar-refractivity contribution is 5.51. The van der Waals surface area contributed by atoms with E-state index < -0.39 is 0 Å². The molecule has 0 N–H and O–H groups in total. The molecule has 4 heterocycles. The average Bonchev–Trinajstić information content (AvgIpc) is 2.54. The van der Waals surface area contributed by atoms with E-state index in [-0.39, 0.29) is 0 Å². The Kier molecular flexibility index (Phi) is 3.17. The van der Waals surface area contributed by atoms with Crippen molar-refractivity contribution in [2.75, 3.05) is 19.6 Å². The number of nitrogens with zero attached hydrogens (tertiary/aromatic N) is 2. The second-order valence-electron chi connectivity index (χ2n) is 6.44. The highest BCUT2D eigenvalue weighted by atomic mass is 15.1. The van der Waals surface area contributed by atoms with Gasteiger partial charge in [-0.2, -0.15) is 0 Å². The van der Waals surface area contributed by atoms with Crippen LogP contribution in [0.1, 0.15) is 38.5 Å². The molecule has 2 fully saturated rings. The monoisotopic (exact) mass is 268 g/mol. The van der Waals surface area contributed by atoms with Crippen molar-refractivity contribution in [2.45, 2.75) is 44.6 Å². The maximum Gasteiger partial charge on any atom is 0.0476 e. The number of rotatable bonds is 1. The highest BCUT2D eigenvalue weighted by Crippen LogP contribution is 2.31. The van der Waals surface area contributed by atoms with E-state index in [4.69, 9.17) is 0 Å². The molecular formula is C18H24N2. The lowest BCUT2D eigenvalue weighted by molar-refractivity contribution is 0.248. The van der Waals surface area contributed by atoms with E-state index in [0.29, 0.717) is 6.04 Å². The first-order chi connectivity index (χ1) is 9.90. The van der Waals surface area contributed by atoms with Crippen molar-refractivity contribution in [1.82, 2.24) is 9.80 Å². The molecule has 0 amide bonds. The first-order valence-corrected chi connectivity index (χ1v) is 8.22. The van der Waals surface area contributed by atoms with Gasteiger partial charge < -0.3 is 9.80 Å². The fraction of sp³-hybridized carbons (Fsp3) is 0.556. The van der Waals surface area contributed by atoms with E-state index in [1.807, 2.05) is 0 Å². The third kappa shape index (κ3) is 2.21. The lowest BCUT2D eigenvalue weighted by Crippen LogP contribution is -2.36. The molecule has 0 saturated carbocycles. The van der Waals surface area contributed by atoms with Gasteiger partial charge in [0, 0.05) is 37.6 Å². The predicted octanol–water partition coefficient (Wildman–Crippen LogP) is 3.60. The Morgan fingerprint density at radius 3 is 2.95 bits per heavy atom. The quantitative estimate of drug-likeness (QED) is 0.717. The van der Waals surface area contributed by atoms with Gasteiger partial charge in [0.05, 0.1) is 0 Å². The Balaban J connectivity index is 1.56.